The van der Waals surface area contributed by atoms with E-state index in [4.69, 9.17) is 9.47 Å². The van der Waals surface area contributed by atoms with Crippen LogP contribution in [0.5, 0.6) is 11.5 Å². The van der Waals surface area contributed by atoms with Gasteiger partial charge in [-0.25, -0.2) is 4.79 Å². The Hall–Kier alpha value is -2.99. The minimum absolute atomic E-state index is 0.116. The summed E-state index contributed by atoms with van der Waals surface area (Å²) in [6.07, 6.45) is 4.52. The molecule has 2 heterocycles. The van der Waals surface area contributed by atoms with E-state index in [2.05, 4.69) is 11.4 Å². The topological polar surface area (TPSA) is 71.0 Å². The molecule has 0 radical (unpaired) electrons. The summed E-state index contributed by atoms with van der Waals surface area (Å²) in [5, 5.41) is 13.2. The number of methoxy groups -OCH3 is 1. The zero-order chi connectivity index (χ0) is 20.0. The molecule has 1 aliphatic carbocycles. The maximum atomic E-state index is 13.0. The lowest BCUT2D eigenvalue weighted by molar-refractivity contribution is 0.0824. The Morgan fingerprint density at radius 3 is 2.90 bits per heavy atom. The van der Waals surface area contributed by atoms with Crippen LogP contribution in [0.1, 0.15) is 24.0 Å². The number of para-hydroxylation sites is 1. The molecule has 2 aromatic rings. The number of amides is 2. The molecule has 0 aromatic heterocycles. The van der Waals surface area contributed by atoms with Gasteiger partial charge in [0.15, 0.2) is 11.5 Å². The van der Waals surface area contributed by atoms with E-state index in [1.54, 1.807) is 7.11 Å². The van der Waals surface area contributed by atoms with Crippen molar-refractivity contribution in [2.45, 2.75) is 37.0 Å². The largest absolute Gasteiger partial charge is 0.493 e. The predicted octanol–water partition coefficient (Wildman–Crippen LogP) is 3.45. The van der Waals surface area contributed by atoms with E-state index in [1.807, 2.05) is 53.4 Å². The molecule has 6 nitrogen and oxygen atoms in total. The SMILES string of the molecule is COc1ccc2c3c1O[C@H]1C[C@@H](O)C=C[C@@]31CCN(C(=O)Nc1ccccc1)C2. The first kappa shape index (κ1) is 18.1. The van der Waals surface area contributed by atoms with Crippen LogP contribution in [-0.4, -0.2) is 41.9 Å². The van der Waals surface area contributed by atoms with Crippen molar-refractivity contribution in [2.24, 2.45) is 0 Å². The second-order valence-corrected chi connectivity index (χ2v) is 7.91. The fourth-order valence-corrected chi connectivity index (χ4v) is 4.83. The molecule has 3 aliphatic rings. The fraction of sp³-hybridized carbons (Fsp3) is 0.348. The molecule has 2 aliphatic heterocycles. The van der Waals surface area contributed by atoms with E-state index < -0.39 is 6.10 Å². The van der Waals surface area contributed by atoms with Crippen LogP contribution in [0.3, 0.4) is 0 Å². The van der Waals surface area contributed by atoms with Crippen molar-refractivity contribution < 1.29 is 19.4 Å². The number of carbonyl (C=O) groups excluding carboxylic acids is 1. The number of hydrogen-bond donors (Lipinski definition) is 2. The van der Waals surface area contributed by atoms with Crippen molar-refractivity contribution in [2.75, 3.05) is 19.0 Å². The summed E-state index contributed by atoms with van der Waals surface area (Å²) in [7, 11) is 1.64. The molecule has 0 saturated heterocycles. The van der Waals surface area contributed by atoms with Crippen molar-refractivity contribution in [3.8, 4) is 11.5 Å². The highest BCUT2D eigenvalue weighted by Gasteiger charge is 2.53. The molecule has 2 N–H and O–H groups in total. The van der Waals surface area contributed by atoms with Gasteiger partial charge in [-0.1, -0.05) is 36.4 Å². The zero-order valence-electron chi connectivity index (χ0n) is 16.3. The number of carbonyl (C=O) groups is 1. The van der Waals surface area contributed by atoms with Crippen molar-refractivity contribution in [3.63, 3.8) is 0 Å². The fourth-order valence-electron chi connectivity index (χ4n) is 4.83. The van der Waals surface area contributed by atoms with Gasteiger partial charge >= 0.3 is 6.03 Å². The minimum Gasteiger partial charge on any atom is -0.493 e. The normalized spacial score (nSPS) is 26.8. The summed E-state index contributed by atoms with van der Waals surface area (Å²) in [4.78, 5) is 14.8. The molecule has 6 heteroatoms. The van der Waals surface area contributed by atoms with E-state index in [-0.39, 0.29) is 17.6 Å². The van der Waals surface area contributed by atoms with Gasteiger partial charge in [0.05, 0.1) is 18.6 Å². The molecule has 2 aromatic carbocycles. The minimum atomic E-state index is -0.518. The Balaban J connectivity index is 1.52. The second kappa shape index (κ2) is 6.81. The van der Waals surface area contributed by atoms with Gasteiger partial charge in [-0.05, 0) is 30.2 Å². The third-order valence-corrected chi connectivity index (χ3v) is 6.27. The van der Waals surface area contributed by atoms with Crippen LogP contribution in [0.2, 0.25) is 0 Å². The molecular formula is C23H24N2O4. The highest BCUT2D eigenvalue weighted by molar-refractivity contribution is 5.89. The van der Waals surface area contributed by atoms with E-state index in [0.29, 0.717) is 25.3 Å². The van der Waals surface area contributed by atoms with E-state index in [9.17, 15) is 9.90 Å². The second-order valence-electron chi connectivity index (χ2n) is 7.91. The average Bonchev–Trinajstić information content (AvgIpc) is 2.96. The smallest absolute Gasteiger partial charge is 0.322 e. The van der Waals surface area contributed by atoms with Gasteiger partial charge in [0.2, 0.25) is 0 Å². The monoisotopic (exact) mass is 392 g/mol. The summed E-state index contributed by atoms with van der Waals surface area (Å²) in [5.74, 6) is 1.45. The number of aliphatic hydroxyl groups is 1. The Labute approximate surface area is 169 Å². The predicted molar refractivity (Wildman–Crippen MR) is 109 cm³/mol. The molecule has 0 fully saturated rings. The number of rotatable bonds is 2. The molecule has 5 rings (SSSR count). The highest BCUT2D eigenvalue weighted by Crippen LogP contribution is 2.55. The van der Waals surface area contributed by atoms with Crippen LogP contribution < -0.4 is 14.8 Å². The zero-order valence-corrected chi connectivity index (χ0v) is 16.3. The first-order valence-electron chi connectivity index (χ1n) is 9.96. The van der Waals surface area contributed by atoms with Crippen LogP contribution in [0.4, 0.5) is 10.5 Å². The van der Waals surface area contributed by atoms with Gasteiger partial charge in [0.1, 0.15) is 6.10 Å². The Bertz CT molecular complexity index is 974. The third-order valence-electron chi connectivity index (χ3n) is 6.27. The number of benzene rings is 2. The number of aliphatic hydroxyl groups excluding tert-OH is 1. The number of nitrogens with zero attached hydrogens (tertiary/aromatic N) is 1. The Morgan fingerprint density at radius 1 is 1.28 bits per heavy atom. The standard InChI is InChI=1S/C23H24N2O4/c1-28-18-8-7-15-14-25(22(27)24-16-5-3-2-4-6-16)12-11-23-10-9-17(26)13-19(23)29-21(18)20(15)23/h2-10,17,19,26H,11-14H2,1H3,(H,24,27)/t17-,19-,23-/m0/s1. The Morgan fingerprint density at radius 2 is 2.10 bits per heavy atom. The average molecular weight is 392 g/mol. The van der Waals surface area contributed by atoms with Gasteiger partial charge < -0.3 is 24.8 Å². The molecule has 3 atom stereocenters. The van der Waals surface area contributed by atoms with Crippen molar-refractivity contribution in [1.82, 2.24) is 4.90 Å². The number of nitrogens with one attached hydrogen (secondary N) is 1. The van der Waals surface area contributed by atoms with Crippen LogP contribution in [0, 0.1) is 0 Å². The first-order chi connectivity index (χ1) is 14.1. The van der Waals surface area contributed by atoms with E-state index >= 15 is 0 Å². The lowest BCUT2D eigenvalue weighted by Gasteiger charge is -2.35. The summed E-state index contributed by atoms with van der Waals surface area (Å²) in [6, 6.07) is 13.3. The summed E-state index contributed by atoms with van der Waals surface area (Å²) >= 11 is 0. The maximum absolute atomic E-state index is 13.0. The highest BCUT2D eigenvalue weighted by atomic mass is 16.5. The molecule has 0 saturated carbocycles. The molecule has 150 valence electrons. The number of anilines is 1. The molecule has 1 spiro atoms. The van der Waals surface area contributed by atoms with Crippen molar-refractivity contribution in [1.29, 1.82) is 0 Å². The number of ether oxygens (including phenoxy) is 2. The number of urea groups is 1. The summed E-state index contributed by atoms with van der Waals surface area (Å²) in [5.41, 5.74) is 2.59. The van der Waals surface area contributed by atoms with Gasteiger partial charge in [0, 0.05) is 30.8 Å². The lowest BCUT2D eigenvalue weighted by atomic mass is 9.69. The van der Waals surface area contributed by atoms with Gasteiger partial charge in [-0.15, -0.1) is 0 Å². The van der Waals surface area contributed by atoms with Crippen LogP contribution in [0.15, 0.2) is 54.6 Å². The lowest BCUT2D eigenvalue weighted by Crippen LogP contribution is -2.43. The van der Waals surface area contributed by atoms with Crippen LogP contribution in [0.25, 0.3) is 0 Å². The Kier molecular flexibility index (Phi) is 4.24. The van der Waals surface area contributed by atoms with Gasteiger partial charge in [-0.3, -0.25) is 0 Å². The van der Waals surface area contributed by atoms with Crippen molar-refractivity contribution in [3.05, 3.63) is 65.7 Å². The van der Waals surface area contributed by atoms with Crippen molar-refractivity contribution >= 4 is 11.7 Å². The third kappa shape index (κ3) is 2.86. The van der Waals surface area contributed by atoms with Gasteiger partial charge in [-0.2, -0.15) is 0 Å². The molecule has 29 heavy (non-hydrogen) atoms. The molecular weight excluding hydrogens is 368 g/mol. The summed E-state index contributed by atoms with van der Waals surface area (Å²) < 4.78 is 11.9. The number of hydrogen-bond acceptors (Lipinski definition) is 4. The molecule has 2 amide bonds. The van der Waals surface area contributed by atoms with Crippen LogP contribution in [-0.2, 0) is 12.0 Å². The van der Waals surface area contributed by atoms with Gasteiger partial charge in [0.25, 0.3) is 0 Å². The van der Waals surface area contributed by atoms with E-state index in [1.165, 1.54) is 0 Å². The summed E-state index contributed by atoms with van der Waals surface area (Å²) in [6.45, 7) is 1.09. The molecule has 0 bridgehead atoms. The quantitative estimate of drug-likeness (QED) is 0.768. The molecule has 0 unspecified atom stereocenters. The first-order valence-corrected chi connectivity index (χ1v) is 9.96. The van der Waals surface area contributed by atoms with Crippen LogP contribution >= 0.6 is 0 Å². The van der Waals surface area contributed by atoms with E-state index in [0.717, 1.165) is 29.0 Å². The maximum Gasteiger partial charge on any atom is 0.322 e.